The molecule has 11 heteroatoms. The van der Waals surface area contributed by atoms with Crippen LogP contribution in [0.3, 0.4) is 0 Å². The molecule has 0 aromatic heterocycles. The van der Waals surface area contributed by atoms with Crippen molar-refractivity contribution in [2.24, 2.45) is 16.6 Å². The predicted molar refractivity (Wildman–Crippen MR) is 111 cm³/mol. The molecule has 3 saturated heterocycles. The van der Waals surface area contributed by atoms with Gasteiger partial charge in [-0.3, -0.25) is 9.05 Å². The third kappa shape index (κ3) is 4.85. The number of rotatable bonds is 7. The van der Waals surface area contributed by atoms with E-state index in [9.17, 15) is 14.8 Å². The lowest BCUT2D eigenvalue weighted by Crippen LogP contribution is -2.33. The van der Waals surface area contributed by atoms with E-state index in [1.807, 2.05) is 51.6 Å². The minimum absolute atomic E-state index is 0.0554. The highest BCUT2D eigenvalue weighted by Gasteiger charge is 2.46. The van der Waals surface area contributed by atoms with Gasteiger partial charge in [0.2, 0.25) is 5.96 Å². The number of aliphatic hydroxyl groups excluding tert-OH is 2. The molecular weight excluding hydrogens is 413 g/mol. The van der Waals surface area contributed by atoms with Gasteiger partial charge in [0.05, 0.1) is 31.5 Å². The molecule has 0 radical (unpaired) electrons. The molecule has 2 unspecified atom stereocenters. The van der Waals surface area contributed by atoms with Crippen LogP contribution in [0.5, 0.6) is 0 Å². The van der Waals surface area contributed by atoms with Gasteiger partial charge in [-0.1, -0.05) is 13.8 Å². The molecule has 0 aromatic rings. The highest BCUT2D eigenvalue weighted by atomic mass is 31.2. The molecule has 10 nitrogen and oxygen atoms in total. The van der Waals surface area contributed by atoms with Gasteiger partial charge in [0.15, 0.2) is 0 Å². The number of ether oxygens (including phenoxy) is 2. The molecular formula is C19H36N3O7P. The van der Waals surface area contributed by atoms with E-state index in [0.29, 0.717) is 5.96 Å². The van der Waals surface area contributed by atoms with Crippen molar-refractivity contribution in [1.82, 2.24) is 9.80 Å². The maximum Gasteiger partial charge on any atom is 0.457 e. The molecule has 9 atom stereocenters. The van der Waals surface area contributed by atoms with Gasteiger partial charge in [-0.25, -0.2) is 4.57 Å². The molecule has 3 aliphatic heterocycles. The molecule has 0 spiro atoms. The van der Waals surface area contributed by atoms with Crippen molar-refractivity contribution in [3.63, 3.8) is 0 Å². The molecule has 30 heavy (non-hydrogen) atoms. The largest absolute Gasteiger partial charge is 0.457 e. The number of likely N-dealkylation sites (N-methyl/N-ethyl adjacent to an activating group) is 2. The first kappa shape index (κ1) is 23.9. The SMILES string of the molecule is C[C@@H]1O[C@H](CO[P@](=O)(N=C2N(C)CCN2C)OC2[C@@H](CO)O[C@@H](C)[C@H]2C)C(O)[C@@H]1C. The molecule has 0 amide bonds. The predicted octanol–water partition coefficient (Wildman–Crippen LogP) is 0.930. The van der Waals surface area contributed by atoms with Crippen molar-refractivity contribution in [1.29, 1.82) is 0 Å². The summed E-state index contributed by atoms with van der Waals surface area (Å²) in [6.45, 7) is 8.72. The molecule has 3 rings (SSSR count). The number of nitrogens with zero attached hydrogens (tertiary/aromatic N) is 3. The molecule has 3 aliphatic rings. The van der Waals surface area contributed by atoms with Gasteiger partial charge in [0.1, 0.15) is 18.3 Å². The average molecular weight is 449 g/mol. The summed E-state index contributed by atoms with van der Waals surface area (Å²) < 4.78 is 41.4. The number of aliphatic hydroxyl groups is 2. The Labute approximate surface area is 178 Å². The molecule has 0 bridgehead atoms. The van der Waals surface area contributed by atoms with Crippen LogP contribution in [0.2, 0.25) is 0 Å². The smallest absolute Gasteiger partial charge is 0.394 e. The quantitative estimate of drug-likeness (QED) is 0.548. The van der Waals surface area contributed by atoms with Crippen LogP contribution >= 0.6 is 7.75 Å². The highest BCUT2D eigenvalue weighted by molar-refractivity contribution is 7.52. The summed E-state index contributed by atoms with van der Waals surface area (Å²) in [7, 11) is -0.281. The highest BCUT2D eigenvalue weighted by Crippen LogP contribution is 2.54. The van der Waals surface area contributed by atoms with Crippen LogP contribution in [0.25, 0.3) is 0 Å². The fourth-order valence-electron chi connectivity index (χ4n) is 4.09. The summed E-state index contributed by atoms with van der Waals surface area (Å²) in [5.74, 6) is 0.347. The lowest BCUT2D eigenvalue weighted by molar-refractivity contribution is -0.0273. The summed E-state index contributed by atoms with van der Waals surface area (Å²) in [5, 5.41) is 20.1. The van der Waals surface area contributed by atoms with Gasteiger partial charge < -0.3 is 29.5 Å². The Bertz CT molecular complexity index is 669. The Kier molecular flexibility index (Phi) is 7.49. The van der Waals surface area contributed by atoms with Gasteiger partial charge >= 0.3 is 7.75 Å². The summed E-state index contributed by atoms with van der Waals surface area (Å²) in [6, 6.07) is 0. The van der Waals surface area contributed by atoms with E-state index < -0.39 is 32.2 Å². The monoisotopic (exact) mass is 449 g/mol. The molecule has 3 fully saturated rings. The molecule has 0 saturated carbocycles. The number of hydrogen-bond acceptors (Lipinski definition) is 7. The van der Waals surface area contributed by atoms with E-state index in [-0.39, 0.29) is 37.3 Å². The maximum absolute atomic E-state index is 13.8. The Balaban J connectivity index is 1.82. The molecule has 3 heterocycles. The third-order valence-corrected chi connectivity index (χ3v) is 7.98. The second-order valence-corrected chi connectivity index (χ2v) is 10.3. The summed E-state index contributed by atoms with van der Waals surface area (Å²) in [6.07, 6.45) is -2.88. The Hall–Kier alpha value is -0.740. The minimum atomic E-state index is -4.00. The second kappa shape index (κ2) is 9.40. The molecule has 0 aromatic carbocycles. The van der Waals surface area contributed by atoms with Crippen LogP contribution in [-0.2, 0) is 23.1 Å². The topological polar surface area (TPSA) is 113 Å². The van der Waals surface area contributed by atoms with Crippen LogP contribution in [0, 0.1) is 11.8 Å². The lowest BCUT2D eigenvalue weighted by atomic mass is 10.00. The first-order valence-corrected chi connectivity index (χ1v) is 12.1. The zero-order chi connectivity index (χ0) is 22.2. The van der Waals surface area contributed by atoms with Gasteiger partial charge in [0, 0.05) is 39.0 Å². The molecule has 174 valence electrons. The molecule has 2 N–H and O–H groups in total. The number of hydrogen-bond donors (Lipinski definition) is 2. The van der Waals surface area contributed by atoms with E-state index in [1.165, 1.54) is 0 Å². The van der Waals surface area contributed by atoms with Crippen LogP contribution in [0.4, 0.5) is 0 Å². The van der Waals surface area contributed by atoms with E-state index in [2.05, 4.69) is 4.76 Å². The van der Waals surface area contributed by atoms with Gasteiger partial charge in [0.25, 0.3) is 0 Å². The Morgan fingerprint density at radius 2 is 1.63 bits per heavy atom. The van der Waals surface area contributed by atoms with Crippen molar-refractivity contribution in [2.45, 2.75) is 64.3 Å². The maximum atomic E-state index is 13.8. The fourth-order valence-corrected chi connectivity index (χ4v) is 5.75. The van der Waals surface area contributed by atoms with Crippen molar-refractivity contribution in [3.8, 4) is 0 Å². The lowest BCUT2D eigenvalue weighted by Gasteiger charge is -2.26. The zero-order valence-electron chi connectivity index (χ0n) is 18.7. The van der Waals surface area contributed by atoms with Crippen molar-refractivity contribution < 1.29 is 33.3 Å². The van der Waals surface area contributed by atoms with Crippen molar-refractivity contribution in [2.75, 3.05) is 40.4 Å². The van der Waals surface area contributed by atoms with E-state index in [1.54, 1.807) is 0 Å². The van der Waals surface area contributed by atoms with Crippen LogP contribution in [0.15, 0.2) is 4.76 Å². The molecule has 0 aliphatic carbocycles. The first-order valence-electron chi connectivity index (χ1n) is 10.6. The summed E-state index contributed by atoms with van der Waals surface area (Å²) >= 11 is 0. The standard InChI is InChI=1S/C19H36N3O7P/c1-11-13(3)28-16(17(11)24)10-26-30(25,20-19-21(5)7-8-22(19)6)29-18-12(2)14(4)27-15(18)9-23/h11-18,23-24H,7-10H2,1-6H3/t11-,12-,13+,14+,15-,16-,17?,18?,30-/m1/s1. The normalized spacial score (nSPS) is 41.5. The van der Waals surface area contributed by atoms with Gasteiger partial charge in [-0.2, -0.15) is 0 Å². The Morgan fingerprint density at radius 1 is 1.07 bits per heavy atom. The van der Waals surface area contributed by atoms with Crippen LogP contribution in [0.1, 0.15) is 27.7 Å². The van der Waals surface area contributed by atoms with Crippen LogP contribution in [-0.4, -0.2) is 103 Å². The van der Waals surface area contributed by atoms with E-state index >= 15 is 0 Å². The number of guanidine groups is 1. The Morgan fingerprint density at radius 3 is 2.17 bits per heavy atom. The third-order valence-electron chi connectivity index (χ3n) is 6.57. The van der Waals surface area contributed by atoms with Crippen molar-refractivity contribution in [3.05, 3.63) is 0 Å². The van der Waals surface area contributed by atoms with E-state index in [4.69, 9.17) is 18.5 Å². The van der Waals surface area contributed by atoms with Gasteiger partial charge in [-0.15, -0.1) is 4.76 Å². The summed E-state index contributed by atoms with van der Waals surface area (Å²) in [5.41, 5.74) is 0. The van der Waals surface area contributed by atoms with E-state index in [0.717, 1.165) is 13.1 Å². The fraction of sp³-hybridized carbons (Fsp3) is 0.947. The van der Waals surface area contributed by atoms with Crippen LogP contribution < -0.4 is 0 Å². The first-order chi connectivity index (χ1) is 14.1. The zero-order valence-corrected chi connectivity index (χ0v) is 19.6. The minimum Gasteiger partial charge on any atom is -0.394 e. The van der Waals surface area contributed by atoms with Crippen molar-refractivity contribution >= 4 is 13.7 Å². The average Bonchev–Trinajstić information content (AvgIpc) is 3.25. The van der Waals surface area contributed by atoms with Gasteiger partial charge in [-0.05, 0) is 13.8 Å². The second-order valence-electron chi connectivity index (χ2n) is 8.73. The summed E-state index contributed by atoms with van der Waals surface area (Å²) in [4.78, 5) is 3.76.